The quantitative estimate of drug-likeness (QED) is 0.374. The first-order valence-electron chi connectivity index (χ1n) is 3.14. The third kappa shape index (κ3) is 1.64. The summed E-state index contributed by atoms with van der Waals surface area (Å²) in [6, 6.07) is 0. The van der Waals surface area contributed by atoms with Crippen molar-refractivity contribution in [3.05, 3.63) is 11.6 Å². The number of hydrogen-bond acceptors (Lipinski definition) is 2. The number of allylic oxidation sites excluding steroid dienone is 1. The molecule has 2 heteroatoms. The number of likely N-dealkylation sites (N-methyl/N-ethyl adjacent to an activating group) is 1. The Morgan fingerprint density at radius 2 is 2.44 bits per heavy atom. The van der Waals surface area contributed by atoms with E-state index >= 15 is 0 Å². The number of carbonyl (C=O) groups is 1. The van der Waals surface area contributed by atoms with Crippen LogP contribution in [-0.4, -0.2) is 31.3 Å². The third-order valence-corrected chi connectivity index (χ3v) is 1.59. The van der Waals surface area contributed by atoms with Crippen molar-refractivity contribution in [3.8, 4) is 0 Å². The van der Waals surface area contributed by atoms with Crippen molar-refractivity contribution >= 4 is 6.29 Å². The standard InChI is InChI=1S/C7H11NO/c1-8-4-2-7(6-8)3-5-9/h3,5H,2,4,6H2,1H3/b7-3+. The summed E-state index contributed by atoms with van der Waals surface area (Å²) >= 11 is 0. The molecule has 0 aromatic heterocycles. The van der Waals surface area contributed by atoms with Crippen LogP contribution in [0.2, 0.25) is 0 Å². The Morgan fingerprint density at radius 1 is 1.67 bits per heavy atom. The number of rotatable bonds is 1. The van der Waals surface area contributed by atoms with Gasteiger partial charge in [-0.2, -0.15) is 0 Å². The second-order valence-corrected chi connectivity index (χ2v) is 2.45. The first-order valence-corrected chi connectivity index (χ1v) is 3.14. The number of aldehydes is 1. The van der Waals surface area contributed by atoms with Gasteiger partial charge in [0.15, 0.2) is 0 Å². The molecule has 0 aliphatic carbocycles. The molecular formula is C7H11NO. The van der Waals surface area contributed by atoms with Gasteiger partial charge in [0.05, 0.1) is 0 Å². The van der Waals surface area contributed by atoms with E-state index < -0.39 is 0 Å². The van der Waals surface area contributed by atoms with Crippen LogP contribution in [0, 0.1) is 0 Å². The molecule has 0 bridgehead atoms. The SMILES string of the molecule is CN1CC/C(=C\C=O)C1. The van der Waals surface area contributed by atoms with Crippen LogP contribution in [0.5, 0.6) is 0 Å². The molecule has 0 radical (unpaired) electrons. The molecule has 1 aliphatic rings. The Kier molecular flexibility index (Phi) is 2.01. The molecular weight excluding hydrogens is 114 g/mol. The minimum absolute atomic E-state index is 0.870. The van der Waals surface area contributed by atoms with E-state index in [0.717, 1.165) is 25.8 Å². The zero-order chi connectivity index (χ0) is 6.69. The summed E-state index contributed by atoms with van der Waals surface area (Å²) in [4.78, 5) is 12.2. The molecule has 0 N–H and O–H groups in total. The van der Waals surface area contributed by atoms with Crippen molar-refractivity contribution in [1.82, 2.24) is 4.90 Å². The number of hydrogen-bond donors (Lipinski definition) is 0. The first kappa shape index (κ1) is 6.49. The maximum atomic E-state index is 9.97. The molecule has 9 heavy (non-hydrogen) atoms. The van der Waals surface area contributed by atoms with Gasteiger partial charge in [0.25, 0.3) is 0 Å². The van der Waals surface area contributed by atoms with E-state index in [9.17, 15) is 4.79 Å². The summed E-state index contributed by atoms with van der Waals surface area (Å²) < 4.78 is 0. The monoisotopic (exact) mass is 125 g/mol. The van der Waals surface area contributed by atoms with Gasteiger partial charge in [-0.15, -0.1) is 0 Å². The highest BCUT2D eigenvalue weighted by Gasteiger charge is 2.10. The fourth-order valence-electron chi connectivity index (χ4n) is 1.07. The fourth-order valence-corrected chi connectivity index (χ4v) is 1.07. The average Bonchev–Trinajstić information content (AvgIpc) is 2.17. The van der Waals surface area contributed by atoms with E-state index in [0.29, 0.717) is 0 Å². The van der Waals surface area contributed by atoms with Crippen molar-refractivity contribution in [1.29, 1.82) is 0 Å². The zero-order valence-corrected chi connectivity index (χ0v) is 5.63. The topological polar surface area (TPSA) is 20.3 Å². The van der Waals surface area contributed by atoms with Crippen molar-refractivity contribution < 1.29 is 4.79 Å². The van der Waals surface area contributed by atoms with E-state index in [1.54, 1.807) is 6.08 Å². The van der Waals surface area contributed by atoms with Crippen molar-refractivity contribution in [3.63, 3.8) is 0 Å². The van der Waals surface area contributed by atoms with Crippen LogP contribution in [0.4, 0.5) is 0 Å². The minimum Gasteiger partial charge on any atom is -0.302 e. The molecule has 0 atom stereocenters. The fraction of sp³-hybridized carbons (Fsp3) is 0.571. The highest BCUT2D eigenvalue weighted by Crippen LogP contribution is 2.11. The van der Waals surface area contributed by atoms with E-state index in [1.165, 1.54) is 5.57 Å². The third-order valence-electron chi connectivity index (χ3n) is 1.59. The first-order chi connectivity index (χ1) is 4.33. The second kappa shape index (κ2) is 2.78. The Bertz CT molecular complexity index is 140. The molecule has 1 rings (SSSR count). The summed E-state index contributed by atoms with van der Waals surface area (Å²) in [6.45, 7) is 2.07. The smallest absolute Gasteiger partial charge is 0.142 e. The molecule has 50 valence electrons. The lowest BCUT2D eigenvalue weighted by Crippen LogP contribution is -2.11. The van der Waals surface area contributed by atoms with Gasteiger partial charge in [0.1, 0.15) is 6.29 Å². The Hall–Kier alpha value is -0.630. The van der Waals surface area contributed by atoms with Gasteiger partial charge >= 0.3 is 0 Å². The lowest BCUT2D eigenvalue weighted by molar-refractivity contribution is -0.104. The van der Waals surface area contributed by atoms with Crippen molar-refractivity contribution in [2.24, 2.45) is 0 Å². The van der Waals surface area contributed by atoms with Crippen molar-refractivity contribution in [2.75, 3.05) is 20.1 Å². The maximum absolute atomic E-state index is 9.97. The van der Waals surface area contributed by atoms with Crippen LogP contribution in [-0.2, 0) is 4.79 Å². The minimum atomic E-state index is 0.870. The number of carbonyl (C=O) groups excluding carboxylic acids is 1. The highest BCUT2D eigenvalue weighted by atomic mass is 16.1. The van der Waals surface area contributed by atoms with Crippen LogP contribution in [0.15, 0.2) is 11.6 Å². The Morgan fingerprint density at radius 3 is 2.89 bits per heavy atom. The Labute approximate surface area is 55.2 Å². The molecule has 1 fully saturated rings. The van der Waals surface area contributed by atoms with Gasteiger partial charge < -0.3 is 4.90 Å². The van der Waals surface area contributed by atoms with Crippen LogP contribution >= 0.6 is 0 Å². The molecule has 0 aromatic rings. The van der Waals surface area contributed by atoms with E-state index in [2.05, 4.69) is 11.9 Å². The van der Waals surface area contributed by atoms with Gasteiger partial charge in [0, 0.05) is 13.1 Å². The molecule has 0 saturated carbocycles. The van der Waals surface area contributed by atoms with Crippen molar-refractivity contribution in [2.45, 2.75) is 6.42 Å². The number of likely N-dealkylation sites (tertiary alicyclic amines) is 1. The van der Waals surface area contributed by atoms with Crippen LogP contribution in [0.1, 0.15) is 6.42 Å². The maximum Gasteiger partial charge on any atom is 0.142 e. The summed E-state index contributed by atoms with van der Waals surface area (Å²) in [6.07, 6.45) is 3.60. The van der Waals surface area contributed by atoms with Crippen LogP contribution in [0.25, 0.3) is 0 Å². The van der Waals surface area contributed by atoms with Gasteiger partial charge in [-0.05, 0) is 19.5 Å². The average molecular weight is 125 g/mol. The van der Waals surface area contributed by atoms with Crippen LogP contribution in [0.3, 0.4) is 0 Å². The van der Waals surface area contributed by atoms with E-state index in [-0.39, 0.29) is 0 Å². The summed E-state index contributed by atoms with van der Waals surface area (Å²) in [5.74, 6) is 0. The van der Waals surface area contributed by atoms with Gasteiger partial charge in [-0.3, -0.25) is 4.79 Å². The summed E-state index contributed by atoms with van der Waals surface area (Å²) in [5, 5.41) is 0. The van der Waals surface area contributed by atoms with Gasteiger partial charge in [-0.1, -0.05) is 5.57 Å². The largest absolute Gasteiger partial charge is 0.302 e. The predicted octanol–water partition coefficient (Wildman–Crippen LogP) is 0.447. The summed E-state index contributed by atoms with van der Waals surface area (Å²) in [5.41, 5.74) is 1.26. The highest BCUT2D eigenvalue weighted by molar-refractivity contribution is 5.66. The van der Waals surface area contributed by atoms with E-state index in [1.807, 2.05) is 0 Å². The second-order valence-electron chi connectivity index (χ2n) is 2.45. The molecule has 0 unspecified atom stereocenters. The lowest BCUT2D eigenvalue weighted by atomic mass is 10.2. The molecule has 1 heterocycles. The molecule has 0 amide bonds. The Balaban J connectivity index is 2.47. The summed E-state index contributed by atoms with van der Waals surface area (Å²) in [7, 11) is 2.06. The lowest BCUT2D eigenvalue weighted by Gasteiger charge is -2.01. The molecule has 1 aliphatic heterocycles. The molecule has 0 aromatic carbocycles. The molecule has 2 nitrogen and oxygen atoms in total. The predicted molar refractivity (Wildman–Crippen MR) is 36.3 cm³/mol. The normalized spacial score (nSPS) is 25.2. The molecule has 0 spiro atoms. The number of nitrogens with zero attached hydrogens (tertiary/aromatic N) is 1. The molecule has 1 saturated heterocycles. The van der Waals surface area contributed by atoms with Gasteiger partial charge in [0.2, 0.25) is 0 Å². The zero-order valence-electron chi connectivity index (χ0n) is 5.63. The van der Waals surface area contributed by atoms with Crippen LogP contribution < -0.4 is 0 Å². The van der Waals surface area contributed by atoms with E-state index in [4.69, 9.17) is 0 Å². The van der Waals surface area contributed by atoms with Gasteiger partial charge in [-0.25, -0.2) is 0 Å².